The number of anilines is 1. The molecule has 3 rings (SSSR count). The van der Waals surface area contributed by atoms with Crippen LogP contribution in [0.1, 0.15) is 12.0 Å². The molecule has 1 aliphatic carbocycles. The van der Waals surface area contributed by atoms with E-state index in [-0.39, 0.29) is 0 Å². The zero-order valence-corrected chi connectivity index (χ0v) is 8.53. The fraction of sp³-hybridized carbons (Fsp3) is 0.143. The summed E-state index contributed by atoms with van der Waals surface area (Å²) in [6.45, 7) is 0. The quantitative estimate of drug-likeness (QED) is 0.668. The second kappa shape index (κ2) is 3.43. The molecule has 0 unspecified atom stereocenters. The lowest BCUT2D eigenvalue weighted by Gasteiger charge is -2.22. The SMILES string of the molecule is C1=CCC2=C(C=C1)Nc1ccccc1C2. The topological polar surface area (TPSA) is 12.0 Å². The van der Waals surface area contributed by atoms with Crippen LogP contribution >= 0.6 is 0 Å². The van der Waals surface area contributed by atoms with E-state index in [1.165, 1.54) is 22.5 Å². The highest BCUT2D eigenvalue weighted by Crippen LogP contribution is 2.30. The van der Waals surface area contributed by atoms with Crippen molar-refractivity contribution in [2.75, 3.05) is 5.32 Å². The van der Waals surface area contributed by atoms with Crippen molar-refractivity contribution in [2.24, 2.45) is 0 Å². The molecule has 15 heavy (non-hydrogen) atoms. The Morgan fingerprint density at radius 2 is 2.00 bits per heavy atom. The monoisotopic (exact) mass is 195 g/mol. The van der Waals surface area contributed by atoms with Gasteiger partial charge in [-0.2, -0.15) is 0 Å². The van der Waals surface area contributed by atoms with Crippen molar-refractivity contribution < 1.29 is 0 Å². The third kappa shape index (κ3) is 1.50. The van der Waals surface area contributed by atoms with Crippen LogP contribution in [-0.2, 0) is 6.42 Å². The van der Waals surface area contributed by atoms with E-state index in [9.17, 15) is 0 Å². The van der Waals surface area contributed by atoms with Crippen LogP contribution in [0.2, 0.25) is 0 Å². The largest absolute Gasteiger partial charge is 0.355 e. The Hall–Kier alpha value is -1.76. The molecular formula is C14H13N. The summed E-state index contributed by atoms with van der Waals surface area (Å²) in [4.78, 5) is 0. The molecule has 0 saturated carbocycles. The molecule has 1 nitrogen and oxygen atoms in total. The molecule has 1 aromatic carbocycles. The van der Waals surface area contributed by atoms with E-state index < -0.39 is 0 Å². The van der Waals surface area contributed by atoms with Gasteiger partial charge in [-0.15, -0.1) is 0 Å². The zero-order chi connectivity index (χ0) is 10.1. The zero-order valence-electron chi connectivity index (χ0n) is 8.53. The average Bonchev–Trinajstić information content (AvgIpc) is 2.50. The Kier molecular flexibility index (Phi) is 1.95. The van der Waals surface area contributed by atoms with Crippen LogP contribution in [0.5, 0.6) is 0 Å². The van der Waals surface area contributed by atoms with Crippen LogP contribution in [0.3, 0.4) is 0 Å². The van der Waals surface area contributed by atoms with E-state index in [0.29, 0.717) is 0 Å². The number of fused-ring (bicyclic) bond motifs is 1. The Morgan fingerprint density at radius 1 is 1.07 bits per heavy atom. The Bertz CT molecular complexity index is 478. The summed E-state index contributed by atoms with van der Waals surface area (Å²) in [5.41, 5.74) is 5.42. The van der Waals surface area contributed by atoms with Crippen LogP contribution in [-0.4, -0.2) is 0 Å². The molecule has 0 amide bonds. The van der Waals surface area contributed by atoms with Gasteiger partial charge >= 0.3 is 0 Å². The van der Waals surface area contributed by atoms with Gasteiger partial charge in [-0.3, -0.25) is 0 Å². The Balaban J connectivity index is 2.03. The third-order valence-corrected chi connectivity index (χ3v) is 2.95. The summed E-state index contributed by atoms with van der Waals surface area (Å²) in [5.74, 6) is 0. The molecule has 0 radical (unpaired) electrons. The second-order valence-electron chi connectivity index (χ2n) is 3.97. The number of allylic oxidation sites excluding steroid dienone is 5. The minimum Gasteiger partial charge on any atom is -0.355 e. The number of hydrogen-bond acceptors (Lipinski definition) is 1. The smallest absolute Gasteiger partial charge is 0.0420 e. The van der Waals surface area contributed by atoms with Crippen molar-refractivity contribution in [1.82, 2.24) is 0 Å². The van der Waals surface area contributed by atoms with E-state index in [2.05, 4.69) is 53.9 Å². The fourth-order valence-electron chi connectivity index (χ4n) is 2.14. The molecule has 0 saturated heterocycles. The first-order valence-electron chi connectivity index (χ1n) is 5.33. The van der Waals surface area contributed by atoms with Crippen molar-refractivity contribution in [2.45, 2.75) is 12.8 Å². The molecule has 1 aromatic rings. The number of nitrogens with one attached hydrogen (secondary N) is 1. The highest BCUT2D eigenvalue weighted by Gasteiger charge is 2.14. The van der Waals surface area contributed by atoms with Gasteiger partial charge in [-0.05, 0) is 36.1 Å². The molecule has 0 spiro atoms. The predicted octanol–water partition coefficient (Wildman–Crippen LogP) is 3.42. The van der Waals surface area contributed by atoms with Crippen LogP contribution in [0.4, 0.5) is 5.69 Å². The molecule has 0 aromatic heterocycles. The summed E-state index contributed by atoms with van der Waals surface area (Å²) in [6, 6.07) is 8.53. The maximum absolute atomic E-state index is 3.49. The Morgan fingerprint density at radius 3 is 3.00 bits per heavy atom. The molecule has 1 heteroatoms. The lowest BCUT2D eigenvalue weighted by molar-refractivity contribution is 1.02. The van der Waals surface area contributed by atoms with Crippen molar-refractivity contribution in [3.05, 3.63) is 65.4 Å². The van der Waals surface area contributed by atoms with E-state index in [1.807, 2.05) is 0 Å². The summed E-state index contributed by atoms with van der Waals surface area (Å²) < 4.78 is 0. The van der Waals surface area contributed by atoms with Crippen molar-refractivity contribution in [3.8, 4) is 0 Å². The summed E-state index contributed by atoms with van der Waals surface area (Å²) >= 11 is 0. The van der Waals surface area contributed by atoms with Gasteiger partial charge in [0.05, 0.1) is 0 Å². The van der Waals surface area contributed by atoms with Gasteiger partial charge in [0.15, 0.2) is 0 Å². The maximum Gasteiger partial charge on any atom is 0.0420 e. The molecule has 1 N–H and O–H groups in total. The normalized spacial score (nSPS) is 17.9. The number of benzene rings is 1. The minimum atomic E-state index is 1.06. The number of para-hydroxylation sites is 1. The molecule has 2 aliphatic rings. The van der Waals surface area contributed by atoms with Crippen molar-refractivity contribution >= 4 is 5.69 Å². The third-order valence-electron chi connectivity index (χ3n) is 2.95. The molecule has 0 fully saturated rings. The van der Waals surface area contributed by atoms with Crippen LogP contribution < -0.4 is 5.32 Å². The van der Waals surface area contributed by atoms with Gasteiger partial charge in [-0.25, -0.2) is 0 Å². The highest BCUT2D eigenvalue weighted by molar-refractivity contribution is 5.62. The lowest BCUT2D eigenvalue weighted by atomic mass is 9.95. The summed E-state index contributed by atoms with van der Waals surface area (Å²) in [5, 5.41) is 3.49. The molecule has 1 aliphatic heterocycles. The van der Waals surface area contributed by atoms with Gasteiger partial charge in [-0.1, -0.05) is 36.4 Å². The van der Waals surface area contributed by atoms with E-state index in [0.717, 1.165) is 12.8 Å². The average molecular weight is 195 g/mol. The highest BCUT2D eigenvalue weighted by atomic mass is 14.9. The van der Waals surface area contributed by atoms with Gasteiger partial charge in [0.25, 0.3) is 0 Å². The predicted molar refractivity (Wildman–Crippen MR) is 63.7 cm³/mol. The van der Waals surface area contributed by atoms with Crippen LogP contribution in [0.15, 0.2) is 59.8 Å². The Labute approximate surface area is 89.8 Å². The first kappa shape index (κ1) is 8.54. The molecule has 0 atom stereocenters. The first-order chi connectivity index (χ1) is 7.43. The molecule has 74 valence electrons. The number of hydrogen-bond donors (Lipinski definition) is 1. The summed E-state index contributed by atoms with van der Waals surface area (Å²) in [7, 11) is 0. The van der Waals surface area contributed by atoms with E-state index in [4.69, 9.17) is 0 Å². The number of rotatable bonds is 0. The second-order valence-corrected chi connectivity index (χ2v) is 3.97. The first-order valence-corrected chi connectivity index (χ1v) is 5.33. The lowest BCUT2D eigenvalue weighted by Crippen LogP contribution is -2.11. The van der Waals surface area contributed by atoms with Gasteiger partial charge in [0.1, 0.15) is 0 Å². The van der Waals surface area contributed by atoms with Crippen LogP contribution in [0, 0.1) is 0 Å². The van der Waals surface area contributed by atoms with E-state index >= 15 is 0 Å². The van der Waals surface area contributed by atoms with Crippen LogP contribution in [0.25, 0.3) is 0 Å². The van der Waals surface area contributed by atoms with Crippen molar-refractivity contribution in [3.63, 3.8) is 0 Å². The van der Waals surface area contributed by atoms with Gasteiger partial charge < -0.3 is 5.32 Å². The minimum absolute atomic E-state index is 1.06. The van der Waals surface area contributed by atoms with Crippen molar-refractivity contribution in [1.29, 1.82) is 0 Å². The molecular weight excluding hydrogens is 182 g/mol. The maximum atomic E-state index is 3.49. The fourth-order valence-corrected chi connectivity index (χ4v) is 2.14. The standard InChI is InChI=1S/C14H13N/c1-2-6-11-10-12-7-4-5-9-14(12)15-13(11)8-3-1/h1-5,7-9,15H,6,10H2. The van der Waals surface area contributed by atoms with E-state index in [1.54, 1.807) is 0 Å². The van der Waals surface area contributed by atoms with Gasteiger partial charge in [0, 0.05) is 11.4 Å². The summed E-state index contributed by atoms with van der Waals surface area (Å²) in [6.07, 6.45) is 10.7. The molecule has 1 heterocycles. The van der Waals surface area contributed by atoms with Gasteiger partial charge in [0.2, 0.25) is 0 Å². The molecule has 0 bridgehead atoms.